The van der Waals surface area contributed by atoms with Crippen molar-refractivity contribution in [1.82, 2.24) is 9.80 Å². The Morgan fingerprint density at radius 3 is 2.20 bits per heavy atom. The summed E-state index contributed by atoms with van der Waals surface area (Å²) in [7, 11) is 1.82. The Bertz CT molecular complexity index is 316. The van der Waals surface area contributed by atoms with Crippen molar-refractivity contribution in [2.75, 3.05) is 7.05 Å². The molecule has 2 amide bonds. The van der Waals surface area contributed by atoms with Crippen molar-refractivity contribution < 1.29 is 4.79 Å². The summed E-state index contributed by atoms with van der Waals surface area (Å²) in [5.74, 6) is 0.338. The van der Waals surface area contributed by atoms with Crippen molar-refractivity contribution in [3.05, 3.63) is 24.0 Å². The minimum atomic E-state index is 0.0150. The summed E-state index contributed by atoms with van der Waals surface area (Å²) in [5.41, 5.74) is 1.82. The molecule has 15 heavy (non-hydrogen) atoms. The zero-order valence-corrected chi connectivity index (χ0v) is 10.2. The van der Waals surface area contributed by atoms with Crippen molar-refractivity contribution in [3.8, 4) is 0 Å². The van der Waals surface area contributed by atoms with Gasteiger partial charge in [0.05, 0.1) is 0 Å². The van der Waals surface area contributed by atoms with Gasteiger partial charge in [-0.2, -0.15) is 0 Å². The molecule has 1 heterocycles. The fourth-order valence-electron chi connectivity index (χ4n) is 1.84. The van der Waals surface area contributed by atoms with E-state index in [-0.39, 0.29) is 12.1 Å². The van der Waals surface area contributed by atoms with Crippen molar-refractivity contribution in [2.45, 2.75) is 33.7 Å². The zero-order valence-electron chi connectivity index (χ0n) is 10.2. The van der Waals surface area contributed by atoms with E-state index in [1.54, 1.807) is 9.80 Å². The zero-order chi connectivity index (χ0) is 11.7. The lowest BCUT2D eigenvalue weighted by Crippen LogP contribution is -2.47. The van der Waals surface area contributed by atoms with E-state index in [0.29, 0.717) is 5.92 Å². The van der Waals surface area contributed by atoms with Crippen LogP contribution < -0.4 is 0 Å². The second-order valence-corrected chi connectivity index (χ2v) is 4.52. The second-order valence-electron chi connectivity index (χ2n) is 4.52. The maximum Gasteiger partial charge on any atom is 0.328 e. The molecule has 0 aromatic carbocycles. The van der Waals surface area contributed by atoms with Crippen LogP contribution >= 0.6 is 0 Å². The SMILES string of the molecule is C=C1C=C(C(C)C)N(C)C(=O)N1C(C)C. The number of carbonyl (C=O) groups is 1. The Hall–Kier alpha value is -1.25. The minimum Gasteiger partial charge on any atom is -0.301 e. The number of hydrogen-bond acceptors (Lipinski definition) is 1. The predicted molar refractivity (Wildman–Crippen MR) is 62.2 cm³/mol. The van der Waals surface area contributed by atoms with Crippen molar-refractivity contribution in [3.63, 3.8) is 0 Å². The lowest BCUT2D eigenvalue weighted by Gasteiger charge is -2.38. The first-order valence-corrected chi connectivity index (χ1v) is 5.33. The topological polar surface area (TPSA) is 23.6 Å². The van der Waals surface area contributed by atoms with Gasteiger partial charge in [0.2, 0.25) is 0 Å². The van der Waals surface area contributed by atoms with Crippen LogP contribution in [0.25, 0.3) is 0 Å². The molecule has 0 unspecified atom stereocenters. The molecule has 1 rings (SSSR count). The summed E-state index contributed by atoms with van der Waals surface area (Å²) >= 11 is 0. The smallest absolute Gasteiger partial charge is 0.301 e. The first-order chi connectivity index (χ1) is 6.86. The number of hydrogen-bond donors (Lipinski definition) is 0. The average molecular weight is 208 g/mol. The van der Waals surface area contributed by atoms with Gasteiger partial charge >= 0.3 is 6.03 Å². The van der Waals surface area contributed by atoms with E-state index in [4.69, 9.17) is 0 Å². The monoisotopic (exact) mass is 208 g/mol. The quantitative estimate of drug-likeness (QED) is 0.684. The molecule has 84 valence electrons. The fourth-order valence-corrected chi connectivity index (χ4v) is 1.84. The summed E-state index contributed by atoms with van der Waals surface area (Å²) in [4.78, 5) is 15.5. The number of rotatable bonds is 2. The highest BCUT2D eigenvalue weighted by atomic mass is 16.2. The van der Waals surface area contributed by atoms with Crippen LogP contribution in [-0.4, -0.2) is 28.9 Å². The largest absolute Gasteiger partial charge is 0.328 e. The molecule has 0 aliphatic carbocycles. The van der Waals surface area contributed by atoms with E-state index in [1.165, 1.54) is 0 Å². The Morgan fingerprint density at radius 2 is 1.80 bits per heavy atom. The van der Waals surface area contributed by atoms with Gasteiger partial charge < -0.3 is 4.90 Å². The van der Waals surface area contributed by atoms with Crippen LogP contribution in [0.2, 0.25) is 0 Å². The highest BCUT2D eigenvalue weighted by Gasteiger charge is 2.29. The summed E-state index contributed by atoms with van der Waals surface area (Å²) in [5, 5.41) is 0. The Labute approximate surface area is 92.0 Å². The van der Waals surface area contributed by atoms with E-state index in [0.717, 1.165) is 11.4 Å². The molecule has 0 N–H and O–H groups in total. The normalized spacial score (nSPS) is 17.9. The van der Waals surface area contributed by atoms with E-state index in [2.05, 4.69) is 20.4 Å². The third-order valence-electron chi connectivity index (χ3n) is 2.61. The minimum absolute atomic E-state index is 0.0150. The maximum atomic E-state index is 12.0. The maximum absolute atomic E-state index is 12.0. The van der Waals surface area contributed by atoms with Gasteiger partial charge in [-0.1, -0.05) is 20.4 Å². The summed E-state index contributed by atoms with van der Waals surface area (Å²) in [6.45, 7) is 12.1. The van der Waals surface area contributed by atoms with Gasteiger partial charge in [0.1, 0.15) is 0 Å². The van der Waals surface area contributed by atoms with Crippen LogP contribution in [0.3, 0.4) is 0 Å². The number of nitrogens with zero attached hydrogens (tertiary/aromatic N) is 2. The Balaban J connectivity index is 3.08. The van der Waals surface area contributed by atoms with E-state index in [9.17, 15) is 4.79 Å². The van der Waals surface area contributed by atoms with Crippen molar-refractivity contribution in [2.24, 2.45) is 5.92 Å². The summed E-state index contributed by atoms with van der Waals surface area (Å²) < 4.78 is 0. The van der Waals surface area contributed by atoms with E-state index < -0.39 is 0 Å². The van der Waals surface area contributed by atoms with Gasteiger partial charge in [0.15, 0.2) is 0 Å². The highest BCUT2D eigenvalue weighted by molar-refractivity contribution is 5.80. The second kappa shape index (κ2) is 4.09. The Morgan fingerprint density at radius 1 is 1.27 bits per heavy atom. The van der Waals surface area contributed by atoms with Gasteiger partial charge in [-0.15, -0.1) is 0 Å². The van der Waals surface area contributed by atoms with Gasteiger partial charge in [0, 0.05) is 24.5 Å². The first kappa shape index (κ1) is 11.8. The van der Waals surface area contributed by atoms with Crippen LogP contribution in [0.4, 0.5) is 4.79 Å². The molecule has 0 aromatic heterocycles. The molecule has 0 spiro atoms. The van der Waals surface area contributed by atoms with Gasteiger partial charge in [-0.25, -0.2) is 4.79 Å². The average Bonchev–Trinajstić information content (AvgIpc) is 2.10. The molecule has 1 aliphatic rings. The number of carbonyl (C=O) groups excluding carboxylic acids is 1. The van der Waals surface area contributed by atoms with Crippen molar-refractivity contribution >= 4 is 6.03 Å². The fraction of sp³-hybridized carbons (Fsp3) is 0.583. The summed E-state index contributed by atoms with van der Waals surface area (Å²) in [6.07, 6.45) is 1.99. The number of urea groups is 1. The number of amides is 2. The van der Waals surface area contributed by atoms with Gasteiger partial charge in [0.25, 0.3) is 0 Å². The molecular formula is C12H20N2O. The summed E-state index contributed by atoms with van der Waals surface area (Å²) in [6, 6.07) is 0.165. The lowest BCUT2D eigenvalue weighted by molar-refractivity contribution is 0.168. The molecule has 0 aromatic rings. The molecule has 3 nitrogen and oxygen atoms in total. The first-order valence-electron chi connectivity index (χ1n) is 5.33. The third kappa shape index (κ3) is 2.06. The van der Waals surface area contributed by atoms with E-state index in [1.807, 2.05) is 27.0 Å². The van der Waals surface area contributed by atoms with Crippen LogP contribution in [-0.2, 0) is 0 Å². The van der Waals surface area contributed by atoms with Crippen LogP contribution in [0, 0.1) is 5.92 Å². The molecule has 0 bridgehead atoms. The van der Waals surface area contributed by atoms with Crippen LogP contribution in [0.5, 0.6) is 0 Å². The molecule has 1 aliphatic heterocycles. The van der Waals surface area contributed by atoms with E-state index >= 15 is 0 Å². The number of allylic oxidation sites excluding steroid dienone is 2. The molecule has 0 radical (unpaired) electrons. The van der Waals surface area contributed by atoms with Gasteiger partial charge in [-0.3, -0.25) is 4.90 Å². The van der Waals surface area contributed by atoms with Crippen LogP contribution in [0.15, 0.2) is 24.0 Å². The molecule has 3 heteroatoms. The van der Waals surface area contributed by atoms with Crippen LogP contribution in [0.1, 0.15) is 27.7 Å². The Kier molecular flexibility index (Phi) is 3.22. The molecule has 0 saturated heterocycles. The third-order valence-corrected chi connectivity index (χ3v) is 2.61. The molecule has 0 fully saturated rings. The highest BCUT2D eigenvalue weighted by Crippen LogP contribution is 2.26. The molecular weight excluding hydrogens is 188 g/mol. The standard InChI is InChI=1S/C12H20N2O/c1-8(2)11-7-10(5)14(9(3)4)12(15)13(11)6/h7-9H,5H2,1-4,6H3. The van der Waals surface area contributed by atoms with Crippen molar-refractivity contribution in [1.29, 1.82) is 0 Å². The molecule has 0 saturated carbocycles. The van der Waals surface area contributed by atoms with Gasteiger partial charge in [-0.05, 0) is 25.8 Å². The molecule has 0 atom stereocenters. The predicted octanol–water partition coefficient (Wildman–Crippen LogP) is 2.82. The lowest BCUT2D eigenvalue weighted by atomic mass is 10.1.